The quantitative estimate of drug-likeness (QED) is 0.837. The molecule has 5 nitrogen and oxygen atoms in total. The Labute approximate surface area is 153 Å². The molecular formula is C19H14F3N3O2. The van der Waals surface area contributed by atoms with Gasteiger partial charge in [0.05, 0.1) is 23.7 Å². The summed E-state index contributed by atoms with van der Waals surface area (Å²) in [6, 6.07) is 12.0. The Hall–Kier alpha value is -3.34. The summed E-state index contributed by atoms with van der Waals surface area (Å²) < 4.78 is 38.9. The summed E-state index contributed by atoms with van der Waals surface area (Å²) in [6.07, 6.45) is -4.56. The number of carbonyl (C=O) groups is 2. The third-order valence-electron chi connectivity index (χ3n) is 4.47. The summed E-state index contributed by atoms with van der Waals surface area (Å²) in [5, 5.41) is 11.3. The second-order valence-electron chi connectivity index (χ2n) is 6.33. The highest BCUT2D eigenvalue weighted by atomic mass is 19.4. The first-order chi connectivity index (χ1) is 12.6. The van der Waals surface area contributed by atoms with Crippen molar-refractivity contribution in [3.63, 3.8) is 0 Å². The lowest BCUT2D eigenvalue weighted by molar-refractivity contribution is -0.138. The van der Waals surface area contributed by atoms with Crippen LogP contribution in [0.4, 0.5) is 18.0 Å². The summed E-state index contributed by atoms with van der Waals surface area (Å²) in [6.45, 7) is 1.33. The smallest absolute Gasteiger partial charge is 0.319 e. The molecule has 1 saturated heterocycles. The molecule has 1 N–H and O–H groups in total. The van der Waals surface area contributed by atoms with Crippen molar-refractivity contribution in [2.24, 2.45) is 0 Å². The summed E-state index contributed by atoms with van der Waals surface area (Å²) in [7, 11) is 0. The number of nitriles is 1. The predicted molar refractivity (Wildman–Crippen MR) is 89.0 cm³/mol. The maximum atomic E-state index is 13.0. The Morgan fingerprint density at radius 2 is 1.81 bits per heavy atom. The monoisotopic (exact) mass is 373 g/mol. The number of hydrogen-bond acceptors (Lipinski definition) is 3. The highest BCUT2D eigenvalue weighted by Crippen LogP contribution is 2.35. The van der Waals surface area contributed by atoms with Crippen LogP contribution in [0.25, 0.3) is 0 Å². The lowest BCUT2D eigenvalue weighted by Gasteiger charge is -2.23. The van der Waals surface area contributed by atoms with Gasteiger partial charge in [0.25, 0.3) is 5.91 Å². The van der Waals surface area contributed by atoms with Crippen molar-refractivity contribution in [2.45, 2.75) is 25.2 Å². The van der Waals surface area contributed by atoms with Gasteiger partial charge in [-0.25, -0.2) is 4.79 Å². The van der Waals surface area contributed by atoms with E-state index in [4.69, 9.17) is 5.26 Å². The molecule has 1 fully saturated rings. The molecule has 3 rings (SSSR count). The molecule has 3 amide bonds. The van der Waals surface area contributed by atoms with Gasteiger partial charge in [0.1, 0.15) is 5.54 Å². The van der Waals surface area contributed by atoms with Crippen LogP contribution >= 0.6 is 0 Å². The molecule has 0 spiro atoms. The fraction of sp³-hybridized carbons (Fsp3) is 0.211. The van der Waals surface area contributed by atoms with E-state index in [0.717, 1.165) is 17.0 Å². The van der Waals surface area contributed by atoms with Crippen molar-refractivity contribution in [1.82, 2.24) is 10.2 Å². The van der Waals surface area contributed by atoms with E-state index in [1.165, 1.54) is 19.1 Å². The lowest BCUT2D eigenvalue weighted by Crippen LogP contribution is -2.41. The SMILES string of the molecule is C[C@@]1(c2cccc(C(F)(F)F)c2)NC(=O)N(Cc2ccc(C#N)cc2)C1=O. The number of hydrogen-bond donors (Lipinski definition) is 1. The standard InChI is InChI=1S/C19H14F3N3O2/c1-18(14-3-2-4-15(9-14)19(20,21)22)16(26)25(17(27)24-18)11-13-7-5-12(10-23)6-8-13/h2-9H,11H2,1H3,(H,24,27)/t18-/m0/s1. The average molecular weight is 373 g/mol. The minimum Gasteiger partial charge on any atom is -0.319 e. The normalized spacial score (nSPS) is 19.7. The predicted octanol–water partition coefficient (Wildman–Crippen LogP) is 3.54. The first-order valence-corrected chi connectivity index (χ1v) is 7.96. The summed E-state index contributed by atoms with van der Waals surface area (Å²) in [5.41, 5.74) is -1.38. The first-order valence-electron chi connectivity index (χ1n) is 7.96. The Bertz CT molecular complexity index is 948. The molecule has 0 unspecified atom stereocenters. The van der Waals surface area contributed by atoms with Crippen LogP contribution in [0.1, 0.15) is 29.2 Å². The Kier molecular flexibility index (Phi) is 4.39. The van der Waals surface area contributed by atoms with Crippen LogP contribution in [0.2, 0.25) is 0 Å². The van der Waals surface area contributed by atoms with Crippen LogP contribution in [-0.2, 0) is 23.1 Å². The van der Waals surface area contributed by atoms with Gasteiger partial charge >= 0.3 is 12.2 Å². The van der Waals surface area contributed by atoms with Crippen LogP contribution in [0.5, 0.6) is 0 Å². The van der Waals surface area contributed by atoms with Crippen molar-refractivity contribution < 1.29 is 22.8 Å². The Balaban J connectivity index is 1.89. The second kappa shape index (κ2) is 6.43. The molecule has 1 aliphatic heterocycles. The average Bonchev–Trinajstić information content (AvgIpc) is 2.86. The van der Waals surface area contributed by atoms with Crippen LogP contribution in [0.3, 0.4) is 0 Å². The van der Waals surface area contributed by atoms with Gasteiger partial charge in [-0.2, -0.15) is 18.4 Å². The third-order valence-corrected chi connectivity index (χ3v) is 4.47. The number of nitrogens with zero attached hydrogens (tertiary/aromatic N) is 2. The van der Waals surface area contributed by atoms with Gasteiger partial charge in [-0.15, -0.1) is 0 Å². The molecule has 1 atom stereocenters. The topological polar surface area (TPSA) is 73.2 Å². The number of rotatable bonds is 3. The van der Waals surface area contributed by atoms with Crippen molar-refractivity contribution in [3.05, 3.63) is 70.8 Å². The number of imide groups is 1. The van der Waals surface area contributed by atoms with Gasteiger partial charge in [-0.05, 0) is 42.3 Å². The first kappa shape index (κ1) is 18.5. The Morgan fingerprint density at radius 3 is 2.41 bits per heavy atom. The summed E-state index contributed by atoms with van der Waals surface area (Å²) in [5.74, 6) is -0.642. The maximum absolute atomic E-state index is 13.0. The molecular weight excluding hydrogens is 359 g/mol. The van der Waals surface area contributed by atoms with Crippen molar-refractivity contribution in [1.29, 1.82) is 5.26 Å². The number of nitrogens with one attached hydrogen (secondary N) is 1. The Morgan fingerprint density at radius 1 is 1.15 bits per heavy atom. The molecule has 0 aromatic heterocycles. The highest BCUT2D eigenvalue weighted by Gasteiger charge is 2.49. The highest BCUT2D eigenvalue weighted by molar-refractivity contribution is 6.07. The number of amides is 3. The molecule has 0 radical (unpaired) electrons. The zero-order chi connectivity index (χ0) is 19.8. The van der Waals surface area contributed by atoms with Crippen molar-refractivity contribution in [2.75, 3.05) is 0 Å². The molecule has 1 aliphatic rings. The van der Waals surface area contributed by atoms with Crippen molar-refractivity contribution >= 4 is 11.9 Å². The van der Waals surface area contributed by atoms with Gasteiger partial charge < -0.3 is 5.32 Å². The fourth-order valence-electron chi connectivity index (χ4n) is 2.91. The van der Waals surface area contributed by atoms with Gasteiger partial charge in [0.15, 0.2) is 0 Å². The maximum Gasteiger partial charge on any atom is 0.416 e. The number of urea groups is 1. The van der Waals surface area contributed by atoms with Crippen LogP contribution < -0.4 is 5.32 Å². The zero-order valence-corrected chi connectivity index (χ0v) is 14.2. The molecule has 27 heavy (non-hydrogen) atoms. The van der Waals surface area contributed by atoms with Gasteiger partial charge in [-0.3, -0.25) is 9.69 Å². The number of alkyl halides is 3. The van der Waals surface area contributed by atoms with E-state index in [1.54, 1.807) is 24.3 Å². The lowest BCUT2D eigenvalue weighted by atomic mass is 9.90. The third kappa shape index (κ3) is 3.36. The van der Waals surface area contributed by atoms with E-state index in [1.807, 2.05) is 6.07 Å². The fourth-order valence-corrected chi connectivity index (χ4v) is 2.91. The van der Waals surface area contributed by atoms with Gasteiger partial charge in [0.2, 0.25) is 0 Å². The van der Waals surface area contributed by atoms with Crippen LogP contribution in [0.15, 0.2) is 48.5 Å². The van der Waals surface area contributed by atoms with Crippen LogP contribution in [-0.4, -0.2) is 16.8 Å². The van der Waals surface area contributed by atoms with Crippen molar-refractivity contribution in [3.8, 4) is 6.07 Å². The molecule has 0 aliphatic carbocycles. The minimum atomic E-state index is -4.56. The molecule has 138 valence electrons. The molecule has 0 saturated carbocycles. The zero-order valence-electron chi connectivity index (χ0n) is 14.2. The van der Waals surface area contributed by atoms with E-state index in [9.17, 15) is 22.8 Å². The second-order valence-corrected chi connectivity index (χ2v) is 6.33. The molecule has 0 bridgehead atoms. The minimum absolute atomic E-state index is 0.0507. The number of carbonyl (C=O) groups excluding carboxylic acids is 2. The van der Waals surface area contributed by atoms with E-state index < -0.39 is 29.2 Å². The molecule has 2 aromatic rings. The molecule has 8 heteroatoms. The van der Waals surface area contributed by atoms with E-state index in [0.29, 0.717) is 11.1 Å². The van der Waals surface area contributed by atoms with E-state index >= 15 is 0 Å². The summed E-state index contributed by atoms with van der Waals surface area (Å²) >= 11 is 0. The number of benzene rings is 2. The van der Waals surface area contributed by atoms with Gasteiger partial charge in [0, 0.05) is 0 Å². The summed E-state index contributed by atoms with van der Waals surface area (Å²) in [4.78, 5) is 26.1. The van der Waals surface area contributed by atoms with Crippen LogP contribution in [0, 0.1) is 11.3 Å². The molecule has 2 aromatic carbocycles. The number of halogens is 3. The van der Waals surface area contributed by atoms with E-state index in [-0.39, 0.29) is 12.1 Å². The molecule has 1 heterocycles. The largest absolute Gasteiger partial charge is 0.416 e. The van der Waals surface area contributed by atoms with E-state index in [2.05, 4.69) is 5.32 Å². The van der Waals surface area contributed by atoms with Gasteiger partial charge in [-0.1, -0.05) is 24.3 Å².